The highest BCUT2D eigenvalue weighted by Crippen LogP contribution is 2.35. The van der Waals surface area contributed by atoms with Crippen LogP contribution in [-0.4, -0.2) is 29.9 Å². The van der Waals surface area contributed by atoms with E-state index in [-0.39, 0.29) is 18.6 Å². The van der Waals surface area contributed by atoms with Gasteiger partial charge in [0, 0.05) is 24.1 Å². The lowest BCUT2D eigenvalue weighted by atomic mass is 10.1. The number of methoxy groups -OCH3 is 1. The van der Waals surface area contributed by atoms with Crippen LogP contribution < -0.4 is 14.2 Å². The lowest BCUT2D eigenvalue weighted by Crippen LogP contribution is -2.31. The molecule has 5 rings (SSSR count). The first-order valence-electron chi connectivity index (χ1n) is 9.97. The lowest BCUT2D eigenvalue weighted by molar-refractivity contribution is -0.133. The summed E-state index contributed by atoms with van der Waals surface area (Å²) in [5, 5.41) is 4.20. The second-order valence-electron chi connectivity index (χ2n) is 7.57. The van der Waals surface area contributed by atoms with E-state index in [2.05, 4.69) is 5.16 Å². The zero-order chi connectivity index (χ0) is 20.5. The highest BCUT2D eigenvalue weighted by Gasteiger charge is 2.34. The summed E-state index contributed by atoms with van der Waals surface area (Å²) in [5.74, 6) is 3.11. The number of rotatable bonds is 7. The molecule has 0 radical (unpaired) electrons. The Morgan fingerprint density at radius 2 is 1.97 bits per heavy atom. The van der Waals surface area contributed by atoms with Crippen LogP contribution in [0.1, 0.15) is 24.1 Å². The predicted molar refractivity (Wildman–Crippen MR) is 108 cm³/mol. The number of hydrogen-bond acceptors (Lipinski definition) is 6. The molecule has 1 saturated carbocycles. The van der Waals surface area contributed by atoms with Crippen molar-refractivity contribution in [2.45, 2.75) is 25.9 Å². The molecular formula is C23H22N2O5. The second kappa shape index (κ2) is 7.74. The average Bonchev–Trinajstić information content (AvgIpc) is 3.34. The number of fused-ring (bicyclic) bond motifs is 1. The number of benzene rings is 2. The first kappa shape index (κ1) is 18.5. The van der Waals surface area contributed by atoms with Crippen LogP contribution in [0.25, 0.3) is 11.3 Å². The smallest absolute Gasteiger partial charge is 0.231 e. The Labute approximate surface area is 174 Å². The van der Waals surface area contributed by atoms with Crippen molar-refractivity contribution in [3.05, 3.63) is 59.8 Å². The normalized spacial score (nSPS) is 14.6. The van der Waals surface area contributed by atoms with E-state index in [1.807, 2.05) is 53.4 Å². The zero-order valence-corrected chi connectivity index (χ0v) is 16.7. The van der Waals surface area contributed by atoms with Gasteiger partial charge in [0.05, 0.1) is 13.7 Å². The average molecular weight is 406 g/mol. The van der Waals surface area contributed by atoms with Crippen LogP contribution in [0.4, 0.5) is 0 Å². The number of carbonyl (C=O) groups is 1. The summed E-state index contributed by atoms with van der Waals surface area (Å²) >= 11 is 0. The number of hydrogen-bond donors (Lipinski definition) is 0. The second-order valence-corrected chi connectivity index (χ2v) is 7.57. The number of amides is 1. The van der Waals surface area contributed by atoms with Crippen LogP contribution in [0.2, 0.25) is 0 Å². The Kier molecular flexibility index (Phi) is 4.78. The maximum atomic E-state index is 12.9. The molecule has 1 aromatic heterocycles. The monoisotopic (exact) mass is 406 g/mol. The van der Waals surface area contributed by atoms with Gasteiger partial charge in [0.2, 0.25) is 12.7 Å². The Balaban J connectivity index is 1.35. The fraction of sp³-hybridized carbons (Fsp3) is 0.304. The van der Waals surface area contributed by atoms with Crippen molar-refractivity contribution in [3.63, 3.8) is 0 Å². The van der Waals surface area contributed by atoms with Crippen molar-refractivity contribution >= 4 is 5.91 Å². The summed E-state index contributed by atoms with van der Waals surface area (Å²) in [6.07, 6.45) is 1.90. The molecule has 0 atom stereocenters. The molecule has 1 amide bonds. The Bertz CT molecular complexity index is 1070. The van der Waals surface area contributed by atoms with Crippen LogP contribution in [0.3, 0.4) is 0 Å². The Morgan fingerprint density at radius 1 is 1.10 bits per heavy atom. The topological polar surface area (TPSA) is 74.0 Å². The van der Waals surface area contributed by atoms with E-state index in [1.54, 1.807) is 7.11 Å². The van der Waals surface area contributed by atoms with Gasteiger partial charge >= 0.3 is 0 Å². The van der Waals surface area contributed by atoms with Crippen LogP contribution in [-0.2, 0) is 17.9 Å². The summed E-state index contributed by atoms with van der Waals surface area (Å²) in [6, 6.07) is 15.3. The van der Waals surface area contributed by atoms with Gasteiger partial charge in [-0.2, -0.15) is 0 Å². The van der Waals surface area contributed by atoms with Crippen LogP contribution in [0.15, 0.2) is 53.1 Å². The summed E-state index contributed by atoms with van der Waals surface area (Å²) < 4.78 is 21.7. The lowest BCUT2D eigenvalue weighted by Gasteiger charge is -2.22. The van der Waals surface area contributed by atoms with E-state index in [4.69, 9.17) is 18.7 Å². The number of nitrogens with zero attached hydrogens (tertiary/aromatic N) is 2. The van der Waals surface area contributed by atoms with Crippen molar-refractivity contribution in [3.8, 4) is 28.6 Å². The molecule has 2 aliphatic rings. The highest BCUT2D eigenvalue weighted by atomic mass is 16.7. The molecule has 0 N–H and O–H groups in total. The molecule has 0 spiro atoms. The van der Waals surface area contributed by atoms with Crippen LogP contribution in [0.5, 0.6) is 17.2 Å². The third-order valence-corrected chi connectivity index (χ3v) is 5.31. The molecule has 0 unspecified atom stereocenters. The molecule has 1 fully saturated rings. The van der Waals surface area contributed by atoms with Crippen LogP contribution in [0, 0.1) is 5.92 Å². The predicted octanol–water partition coefficient (Wildman–Crippen LogP) is 4.02. The number of ether oxygens (including phenoxy) is 3. The summed E-state index contributed by atoms with van der Waals surface area (Å²) in [4.78, 5) is 14.7. The standard InChI is InChI=1S/C23H22N2O5/c1-27-19-4-2-3-17(10-19)21-11-18(24-30-21)13-25(23(26)16-6-7-16)12-15-5-8-20-22(9-15)29-14-28-20/h2-5,8-11,16H,6-7,12-14H2,1H3. The number of carbonyl (C=O) groups excluding carboxylic acids is 1. The first-order chi connectivity index (χ1) is 14.7. The zero-order valence-electron chi connectivity index (χ0n) is 16.7. The summed E-state index contributed by atoms with van der Waals surface area (Å²) in [6.45, 7) is 1.10. The molecule has 0 bridgehead atoms. The maximum Gasteiger partial charge on any atom is 0.231 e. The SMILES string of the molecule is COc1cccc(-c2cc(CN(Cc3ccc4c(c3)OCO4)C(=O)C3CC3)no2)c1. The van der Waals surface area contributed by atoms with E-state index in [1.165, 1.54) is 0 Å². The van der Waals surface area contributed by atoms with Gasteiger partial charge in [-0.1, -0.05) is 23.4 Å². The molecule has 2 aromatic carbocycles. The highest BCUT2D eigenvalue weighted by molar-refractivity contribution is 5.81. The molecule has 1 aliphatic heterocycles. The molecule has 7 nitrogen and oxygen atoms in total. The quantitative estimate of drug-likeness (QED) is 0.590. The van der Waals surface area contributed by atoms with Crippen molar-refractivity contribution in [2.24, 2.45) is 5.92 Å². The fourth-order valence-corrected chi connectivity index (χ4v) is 3.55. The minimum Gasteiger partial charge on any atom is -0.497 e. The molecule has 7 heteroatoms. The molecule has 2 heterocycles. The van der Waals surface area contributed by atoms with E-state index in [0.717, 1.165) is 35.5 Å². The minimum atomic E-state index is 0.115. The number of aromatic nitrogens is 1. The van der Waals surface area contributed by atoms with Crippen molar-refractivity contribution < 1.29 is 23.5 Å². The molecule has 0 saturated heterocycles. The molecule has 1 aliphatic carbocycles. The third kappa shape index (κ3) is 3.83. The van der Waals surface area contributed by atoms with Gasteiger partial charge in [-0.3, -0.25) is 4.79 Å². The van der Waals surface area contributed by atoms with Crippen LogP contribution >= 0.6 is 0 Å². The molecule has 154 valence electrons. The van der Waals surface area contributed by atoms with E-state index < -0.39 is 0 Å². The third-order valence-electron chi connectivity index (χ3n) is 5.31. The molecule has 30 heavy (non-hydrogen) atoms. The van der Waals surface area contributed by atoms with Gasteiger partial charge in [-0.05, 0) is 42.7 Å². The summed E-state index contributed by atoms with van der Waals surface area (Å²) in [7, 11) is 1.63. The fourth-order valence-electron chi connectivity index (χ4n) is 3.55. The van der Waals surface area contributed by atoms with Crippen molar-refractivity contribution in [1.29, 1.82) is 0 Å². The van der Waals surface area contributed by atoms with Gasteiger partial charge in [0.25, 0.3) is 0 Å². The minimum absolute atomic E-state index is 0.115. The maximum absolute atomic E-state index is 12.9. The van der Waals surface area contributed by atoms with Gasteiger partial charge < -0.3 is 23.6 Å². The van der Waals surface area contributed by atoms with E-state index in [9.17, 15) is 4.79 Å². The summed E-state index contributed by atoms with van der Waals surface area (Å²) in [5.41, 5.74) is 2.58. The van der Waals surface area contributed by atoms with Gasteiger partial charge in [-0.25, -0.2) is 0 Å². The van der Waals surface area contributed by atoms with Gasteiger partial charge in [0.1, 0.15) is 11.4 Å². The Morgan fingerprint density at radius 3 is 2.80 bits per heavy atom. The van der Waals surface area contributed by atoms with Gasteiger partial charge in [-0.15, -0.1) is 0 Å². The molecule has 3 aromatic rings. The van der Waals surface area contributed by atoms with Crippen molar-refractivity contribution in [2.75, 3.05) is 13.9 Å². The van der Waals surface area contributed by atoms with Crippen molar-refractivity contribution in [1.82, 2.24) is 10.1 Å². The van der Waals surface area contributed by atoms with E-state index in [0.29, 0.717) is 30.3 Å². The molecular weight excluding hydrogens is 384 g/mol. The Hall–Kier alpha value is -3.48. The van der Waals surface area contributed by atoms with Gasteiger partial charge in [0.15, 0.2) is 17.3 Å². The largest absolute Gasteiger partial charge is 0.497 e. The first-order valence-corrected chi connectivity index (χ1v) is 9.97. The van der Waals surface area contributed by atoms with E-state index >= 15 is 0 Å².